The molecule has 0 radical (unpaired) electrons. The van der Waals surface area contributed by atoms with Crippen molar-refractivity contribution >= 4 is 6.09 Å². The van der Waals surface area contributed by atoms with Crippen molar-refractivity contribution in [2.75, 3.05) is 40.3 Å². The van der Waals surface area contributed by atoms with Gasteiger partial charge in [-0.05, 0) is 29.8 Å². The molecule has 26 heavy (non-hydrogen) atoms. The first-order chi connectivity index (χ1) is 13.8. The summed E-state index contributed by atoms with van der Waals surface area (Å²) < 4.78 is 34.9. The lowest BCUT2D eigenvalue weighted by Gasteiger charge is -2.41. The number of methoxy groups -OCH3 is 1. The molecule has 3 rings (SSSR count). The van der Waals surface area contributed by atoms with E-state index in [1.165, 1.54) is 0 Å². The van der Waals surface area contributed by atoms with Crippen LogP contribution in [0.1, 0.15) is 15.2 Å². The predicted octanol–water partition coefficient (Wildman–Crippen LogP) is 3.29. The zero-order chi connectivity index (χ0) is 20.9. The molecule has 0 spiro atoms. The molecule has 1 fully saturated rings. The Morgan fingerprint density at radius 1 is 1.08 bits per heavy atom. The van der Waals surface area contributed by atoms with E-state index in [1.54, 1.807) is 12.0 Å². The minimum atomic E-state index is -2.17. The second-order valence-electron chi connectivity index (χ2n) is 6.63. The van der Waals surface area contributed by atoms with Gasteiger partial charge in [-0.25, -0.2) is 4.79 Å². The van der Waals surface area contributed by atoms with Crippen LogP contribution in [-0.4, -0.2) is 55.7 Å². The fourth-order valence-electron chi connectivity index (χ4n) is 3.08. The fourth-order valence-corrected chi connectivity index (χ4v) is 3.08. The minimum Gasteiger partial charge on any atom is -0.497 e. The van der Waals surface area contributed by atoms with Crippen molar-refractivity contribution in [1.29, 1.82) is 0 Å². The normalized spacial score (nSPS) is 18.3. The summed E-state index contributed by atoms with van der Waals surface area (Å²) in [4.78, 5) is 14.0. The number of piperazine rings is 1. The van der Waals surface area contributed by atoms with Crippen LogP contribution < -0.4 is 4.74 Å². The topological polar surface area (TPSA) is 38.8 Å². The summed E-state index contributed by atoms with van der Waals surface area (Å²) in [6.45, 7) is -0.176. The maximum Gasteiger partial charge on any atom is 0.410 e. The molecule has 5 nitrogen and oxygen atoms in total. The predicted molar refractivity (Wildman–Crippen MR) is 101 cm³/mol. The van der Waals surface area contributed by atoms with Crippen LogP contribution >= 0.6 is 0 Å². The van der Waals surface area contributed by atoms with Crippen molar-refractivity contribution in [2.24, 2.45) is 0 Å². The van der Waals surface area contributed by atoms with Gasteiger partial charge in [-0.15, -0.1) is 0 Å². The number of amides is 1. The summed E-state index contributed by atoms with van der Waals surface area (Å²) >= 11 is 0. The lowest BCUT2D eigenvalue weighted by atomic mass is 10.1. The lowest BCUT2D eigenvalue weighted by Crippen LogP contribution is -2.57. The Balaban J connectivity index is 1.62. The van der Waals surface area contributed by atoms with E-state index in [0.29, 0.717) is 32.7 Å². The summed E-state index contributed by atoms with van der Waals surface area (Å²) in [5.41, 5.74) is 1.85. The van der Waals surface area contributed by atoms with E-state index in [2.05, 4.69) is 0 Å². The molecule has 5 heteroatoms. The number of ether oxygens (including phenoxy) is 2. The van der Waals surface area contributed by atoms with E-state index in [0.717, 1.165) is 16.9 Å². The van der Waals surface area contributed by atoms with E-state index >= 15 is 0 Å². The Morgan fingerprint density at radius 2 is 1.77 bits per heavy atom. The Labute approximate surface area is 159 Å². The summed E-state index contributed by atoms with van der Waals surface area (Å²) in [7, 11) is 1.60. The number of nitrogens with zero attached hydrogens (tertiary/aromatic N) is 2. The summed E-state index contributed by atoms with van der Waals surface area (Å²) in [5.74, 6) is 0.736. The average Bonchev–Trinajstić information content (AvgIpc) is 2.73. The van der Waals surface area contributed by atoms with E-state index < -0.39 is 13.1 Å². The number of rotatable bonds is 5. The molecule has 0 saturated carbocycles. The van der Waals surface area contributed by atoms with Crippen molar-refractivity contribution < 1.29 is 22.9 Å². The molecule has 0 unspecified atom stereocenters. The summed E-state index contributed by atoms with van der Waals surface area (Å²) in [5, 5.41) is 0. The van der Waals surface area contributed by atoms with E-state index in [4.69, 9.17) is 13.6 Å². The number of hydrogen-bond acceptors (Lipinski definition) is 3. The highest BCUT2D eigenvalue weighted by Gasteiger charge is 2.31. The summed E-state index contributed by atoms with van der Waals surface area (Å²) in [6.07, 6.45) is -0.401. The molecule has 1 saturated heterocycles. The second kappa shape index (κ2) is 8.23. The van der Waals surface area contributed by atoms with Crippen molar-refractivity contribution in [2.45, 2.75) is 13.2 Å². The third kappa shape index (κ3) is 4.76. The molecule has 0 bridgehead atoms. The molecular weight excluding hydrogens is 328 g/mol. The van der Waals surface area contributed by atoms with Crippen LogP contribution in [0.2, 0.25) is 0 Å². The van der Waals surface area contributed by atoms with Crippen LogP contribution in [0.15, 0.2) is 54.6 Å². The SMILES string of the molecule is [2H]C([2H])([2H])[N+]1(Cc2ccc(OC)cc2)CCN(C(=O)OCc2ccccc2)CC1. The molecule has 2 aromatic rings. The highest BCUT2D eigenvalue weighted by atomic mass is 16.6. The van der Waals surface area contributed by atoms with Gasteiger partial charge in [0.25, 0.3) is 0 Å². The van der Waals surface area contributed by atoms with Gasteiger partial charge in [0.2, 0.25) is 0 Å². The Hall–Kier alpha value is -2.53. The van der Waals surface area contributed by atoms with Gasteiger partial charge in [0.1, 0.15) is 18.9 Å². The Morgan fingerprint density at radius 3 is 2.38 bits per heavy atom. The zero-order valence-corrected chi connectivity index (χ0v) is 15.1. The van der Waals surface area contributed by atoms with Crippen molar-refractivity contribution in [3.05, 3.63) is 65.7 Å². The van der Waals surface area contributed by atoms with Gasteiger partial charge in [-0.2, -0.15) is 0 Å². The van der Waals surface area contributed by atoms with Gasteiger partial charge < -0.3 is 14.0 Å². The third-order valence-electron chi connectivity index (χ3n) is 4.70. The number of quaternary nitrogens is 1. The monoisotopic (exact) mass is 358 g/mol. The molecule has 0 atom stereocenters. The quantitative estimate of drug-likeness (QED) is 0.770. The van der Waals surface area contributed by atoms with Crippen molar-refractivity contribution in [3.63, 3.8) is 0 Å². The Bertz CT molecular complexity index is 802. The van der Waals surface area contributed by atoms with Crippen LogP contribution in [-0.2, 0) is 17.9 Å². The van der Waals surface area contributed by atoms with Gasteiger partial charge in [0, 0.05) is 5.56 Å². The van der Waals surface area contributed by atoms with Crippen LogP contribution in [0.3, 0.4) is 0 Å². The van der Waals surface area contributed by atoms with Crippen LogP contribution in [0.4, 0.5) is 4.79 Å². The molecule has 1 aliphatic rings. The number of carbonyl (C=O) groups excluding carboxylic acids is 1. The lowest BCUT2D eigenvalue weighted by molar-refractivity contribution is -0.926. The van der Waals surface area contributed by atoms with Gasteiger partial charge in [-0.3, -0.25) is 4.90 Å². The van der Waals surface area contributed by atoms with Crippen LogP contribution in [0.5, 0.6) is 5.75 Å². The van der Waals surface area contributed by atoms with Gasteiger partial charge in [0.15, 0.2) is 0 Å². The number of benzene rings is 2. The van der Waals surface area contributed by atoms with Gasteiger partial charge in [0.05, 0.1) is 44.4 Å². The van der Waals surface area contributed by atoms with Gasteiger partial charge in [-0.1, -0.05) is 30.3 Å². The number of hydrogen-bond donors (Lipinski definition) is 0. The van der Waals surface area contributed by atoms with E-state index in [1.807, 2.05) is 54.6 Å². The third-order valence-corrected chi connectivity index (χ3v) is 4.70. The van der Waals surface area contributed by atoms with Crippen LogP contribution in [0, 0.1) is 0 Å². The molecule has 1 amide bonds. The number of likely N-dealkylation sites (N-methyl/N-ethyl adjacent to an activating group) is 1. The average molecular weight is 358 g/mol. The molecule has 2 aromatic carbocycles. The number of carbonyl (C=O) groups is 1. The van der Waals surface area contributed by atoms with Crippen LogP contribution in [0.25, 0.3) is 0 Å². The van der Waals surface area contributed by atoms with Crippen molar-refractivity contribution in [1.82, 2.24) is 4.90 Å². The Kier molecular flexibility index (Phi) is 4.63. The van der Waals surface area contributed by atoms with Crippen molar-refractivity contribution in [3.8, 4) is 5.75 Å². The minimum absolute atomic E-state index is 0.0538. The fraction of sp³-hybridized carbons (Fsp3) is 0.381. The first kappa shape index (κ1) is 14.6. The maximum absolute atomic E-state index is 12.4. The smallest absolute Gasteiger partial charge is 0.410 e. The van der Waals surface area contributed by atoms with Gasteiger partial charge >= 0.3 is 6.09 Å². The molecule has 138 valence electrons. The molecule has 0 aliphatic carbocycles. The molecule has 1 heterocycles. The standard InChI is InChI=1S/C21H27N2O3/c1-23(16-18-8-10-20(25-2)11-9-18)14-12-22(13-15-23)21(24)26-17-19-6-4-3-5-7-19/h3-11H,12-17H2,1-2H3/q+1/i1D3. The zero-order valence-electron chi connectivity index (χ0n) is 18.1. The first-order valence-corrected chi connectivity index (χ1v) is 8.78. The highest BCUT2D eigenvalue weighted by Crippen LogP contribution is 2.19. The largest absolute Gasteiger partial charge is 0.497 e. The maximum atomic E-state index is 12.4. The molecule has 1 aliphatic heterocycles. The summed E-state index contributed by atoms with van der Waals surface area (Å²) in [6, 6.07) is 17.0. The van der Waals surface area contributed by atoms with E-state index in [-0.39, 0.29) is 11.1 Å². The first-order valence-electron chi connectivity index (χ1n) is 10.3. The molecule has 0 N–H and O–H groups in total. The second-order valence-corrected chi connectivity index (χ2v) is 6.63. The highest BCUT2D eigenvalue weighted by molar-refractivity contribution is 5.67. The molecular formula is C21H27N2O3+. The van der Waals surface area contributed by atoms with E-state index in [9.17, 15) is 4.79 Å². The molecule has 0 aromatic heterocycles.